The van der Waals surface area contributed by atoms with Crippen molar-refractivity contribution in [3.05, 3.63) is 205 Å². The van der Waals surface area contributed by atoms with Gasteiger partial charge in [-0.15, -0.1) is 13.2 Å². The van der Waals surface area contributed by atoms with Crippen molar-refractivity contribution < 1.29 is 38.1 Å². The molecule has 12 unspecified atom stereocenters. The van der Waals surface area contributed by atoms with Crippen molar-refractivity contribution in [1.29, 1.82) is 0 Å². The van der Waals surface area contributed by atoms with Gasteiger partial charge in [0.05, 0.1) is 24.9 Å². The maximum atomic E-state index is 13.7. The third-order valence-corrected chi connectivity index (χ3v) is 17.1. The van der Waals surface area contributed by atoms with E-state index in [1.807, 2.05) is 49.4 Å². The van der Waals surface area contributed by atoms with E-state index >= 15 is 0 Å². The maximum Gasteiger partial charge on any atom is 0.312 e. The summed E-state index contributed by atoms with van der Waals surface area (Å²) in [5.41, 5.74) is 5.70. The monoisotopic (exact) mass is 1040 g/mol. The van der Waals surface area contributed by atoms with E-state index in [0.717, 1.165) is 56.1 Å². The molecule has 0 bridgehead atoms. The molecule has 2 aliphatic rings. The SMILES string of the molecule is C=CC1CC(/C=C\C2CC(C=C)C(C(=O)OCOc3ccc(C(CC(CC(C)CC)c4ccccc4)c4ccccc4)cc3)C2)C(C(=O)OCOc2ccc(C(CC(C)CC)(CC(C)C(=O)OC)c3ccccc3)cc2)C1. The van der Waals surface area contributed by atoms with E-state index in [9.17, 15) is 14.4 Å². The molecule has 5 aromatic carbocycles. The fourth-order valence-corrected chi connectivity index (χ4v) is 12.3. The molecule has 0 spiro atoms. The van der Waals surface area contributed by atoms with E-state index in [0.29, 0.717) is 48.5 Å². The van der Waals surface area contributed by atoms with Gasteiger partial charge in [-0.2, -0.15) is 0 Å². The molecule has 0 N–H and O–H groups in total. The summed E-state index contributed by atoms with van der Waals surface area (Å²) < 4.78 is 28.8. The predicted molar refractivity (Wildman–Crippen MR) is 308 cm³/mol. The molecule has 77 heavy (non-hydrogen) atoms. The number of benzene rings is 5. The summed E-state index contributed by atoms with van der Waals surface area (Å²) in [6.45, 7) is 18.7. The molecule has 408 valence electrons. The second-order valence-corrected chi connectivity index (χ2v) is 22.3. The summed E-state index contributed by atoms with van der Waals surface area (Å²) in [5, 5.41) is 0. The standard InChI is InChI=1S/C69H84O8/c1-9-48(5)38-58(54-22-16-13-17-23-54)43-63(55-24-18-14-19-25-55)56-30-34-61(35-31-56)74-46-76-67(71)64-42-52(40-53(64)12-4)28-29-57-39-51(11-3)41-65(57)68(72)77-47-75-62-36-32-60(33-37-62)69(44-49(6)10-2,45-50(7)66(70)73-8)59-26-20-15-21-27-59/h11-37,48-53,57-58,63-65H,3-4,9-10,38-47H2,1-2,5-8H3/b29-28-. The van der Waals surface area contributed by atoms with Crippen molar-refractivity contribution >= 4 is 17.9 Å². The van der Waals surface area contributed by atoms with Gasteiger partial charge >= 0.3 is 17.9 Å². The Morgan fingerprint density at radius 3 is 1.62 bits per heavy atom. The Morgan fingerprint density at radius 1 is 0.558 bits per heavy atom. The van der Waals surface area contributed by atoms with Crippen LogP contribution in [-0.2, 0) is 34.0 Å². The van der Waals surface area contributed by atoms with Gasteiger partial charge in [0, 0.05) is 11.3 Å². The van der Waals surface area contributed by atoms with Crippen LogP contribution in [0.5, 0.6) is 11.5 Å². The van der Waals surface area contributed by atoms with Gasteiger partial charge in [-0.25, -0.2) is 0 Å². The second kappa shape index (κ2) is 28.6. The Hall–Kier alpha value is -6.67. The van der Waals surface area contributed by atoms with Crippen LogP contribution < -0.4 is 9.47 Å². The smallest absolute Gasteiger partial charge is 0.312 e. The zero-order valence-electron chi connectivity index (χ0n) is 46.6. The van der Waals surface area contributed by atoms with Gasteiger partial charge in [-0.05, 0) is 145 Å². The number of hydrogen-bond donors (Lipinski definition) is 0. The molecule has 0 aromatic heterocycles. The second-order valence-electron chi connectivity index (χ2n) is 22.3. The highest BCUT2D eigenvalue weighted by atomic mass is 16.7. The van der Waals surface area contributed by atoms with Crippen molar-refractivity contribution in [3.63, 3.8) is 0 Å². The zero-order chi connectivity index (χ0) is 54.7. The van der Waals surface area contributed by atoms with E-state index in [1.165, 1.54) is 23.8 Å². The topological polar surface area (TPSA) is 97.4 Å². The molecular formula is C69H84O8. The molecule has 2 fully saturated rings. The zero-order valence-corrected chi connectivity index (χ0v) is 46.6. The highest BCUT2D eigenvalue weighted by molar-refractivity contribution is 5.74. The molecule has 5 aromatic rings. The van der Waals surface area contributed by atoms with Gasteiger partial charge in [0.25, 0.3) is 0 Å². The summed E-state index contributed by atoms with van der Waals surface area (Å²) in [5.74, 6) is 1.25. The van der Waals surface area contributed by atoms with Crippen LogP contribution in [0.25, 0.3) is 0 Å². The Labute approximate surface area is 460 Å². The average molecular weight is 1040 g/mol. The van der Waals surface area contributed by atoms with E-state index in [4.69, 9.17) is 23.7 Å². The summed E-state index contributed by atoms with van der Waals surface area (Å²) in [6, 6.07) is 48.3. The van der Waals surface area contributed by atoms with Crippen LogP contribution in [0, 0.1) is 53.3 Å². The lowest BCUT2D eigenvalue weighted by atomic mass is 9.64. The van der Waals surface area contributed by atoms with Gasteiger partial charge in [0.15, 0.2) is 0 Å². The first kappa shape index (κ1) is 58.0. The molecule has 0 aliphatic heterocycles. The molecule has 0 heterocycles. The number of hydrogen-bond acceptors (Lipinski definition) is 8. The van der Waals surface area contributed by atoms with Crippen molar-refractivity contribution in [2.45, 2.75) is 116 Å². The third-order valence-electron chi connectivity index (χ3n) is 17.1. The van der Waals surface area contributed by atoms with Crippen LogP contribution in [0.15, 0.2) is 177 Å². The minimum absolute atomic E-state index is 0.0408. The minimum Gasteiger partial charge on any atom is -0.469 e. The first-order chi connectivity index (χ1) is 37.4. The Bertz CT molecular complexity index is 2650. The first-order valence-corrected chi connectivity index (χ1v) is 28.3. The number of esters is 3. The quantitative estimate of drug-likeness (QED) is 0.0211. The van der Waals surface area contributed by atoms with Crippen LogP contribution in [0.1, 0.15) is 138 Å². The largest absolute Gasteiger partial charge is 0.469 e. The molecule has 0 radical (unpaired) electrons. The van der Waals surface area contributed by atoms with E-state index in [-0.39, 0.29) is 78.8 Å². The van der Waals surface area contributed by atoms with E-state index in [1.54, 1.807) is 0 Å². The summed E-state index contributed by atoms with van der Waals surface area (Å²) >= 11 is 0. The van der Waals surface area contributed by atoms with Gasteiger partial charge in [0.2, 0.25) is 13.6 Å². The number of allylic oxidation sites excluding steroid dienone is 4. The van der Waals surface area contributed by atoms with Gasteiger partial charge in [-0.3, -0.25) is 14.4 Å². The third kappa shape index (κ3) is 15.5. The molecule has 7 rings (SSSR count). The first-order valence-electron chi connectivity index (χ1n) is 28.3. The van der Waals surface area contributed by atoms with Crippen molar-refractivity contribution in [1.82, 2.24) is 0 Å². The van der Waals surface area contributed by atoms with Gasteiger partial charge in [0.1, 0.15) is 11.5 Å². The summed E-state index contributed by atoms with van der Waals surface area (Å²) in [7, 11) is 1.44. The fourth-order valence-electron chi connectivity index (χ4n) is 12.3. The van der Waals surface area contributed by atoms with E-state index in [2.05, 4.69) is 162 Å². The Balaban J connectivity index is 0.923. The van der Waals surface area contributed by atoms with Crippen molar-refractivity contribution in [2.75, 3.05) is 20.7 Å². The molecule has 8 nitrogen and oxygen atoms in total. The van der Waals surface area contributed by atoms with Crippen molar-refractivity contribution in [2.24, 2.45) is 53.3 Å². The molecule has 0 amide bonds. The summed E-state index contributed by atoms with van der Waals surface area (Å²) in [4.78, 5) is 40.2. The number of methoxy groups -OCH3 is 1. The van der Waals surface area contributed by atoms with Gasteiger partial charge in [-0.1, -0.05) is 187 Å². The molecule has 2 saturated carbocycles. The van der Waals surface area contributed by atoms with Crippen molar-refractivity contribution in [3.8, 4) is 11.5 Å². The molecule has 12 atom stereocenters. The normalized spacial score (nSPS) is 21.9. The van der Waals surface area contributed by atoms with Crippen LogP contribution in [-0.4, -0.2) is 38.6 Å². The lowest BCUT2D eigenvalue weighted by Gasteiger charge is -2.39. The summed E-state index contributed by atoms with van der Waals surface area (Å²) in [6.07, 6.45) is 16.7. The Morgan fingerprint density at radius 2 is 1.06 bits per heavy atom. The van der Waals surface area contributed by atoms with Crippen LogP contribution >= 0.6 is 0 Å². The fraction of sp³-hybridized carbons (Fsp3) is 0.435. The van der Waals surface area contributed by atoms with Crippen LogP contribution in [0.2, 0.25) is 0 Å². The van der Waals surface area contributed by atoms with Gasteiger partial charge < -0.3 is 23.7 Å². The van der Waals surface area contributed by atoms with E-state index < -0.39 is 5.41 Å². The number of ether oxygens (including phenoxy) is 5. The molecule has 2 aliphatic carbocycles. The van der Waals surface area contributed by atoms with Crippen LogP contribution in [0.4, 0.5) is 0 Å². The average Bonchev–Trinajstić information content (AvgIpc) is 4.14. The molecular weight excluding hydrogens is 957 g/mol. The lowest BCUT2D eigenvalue weighted by molar-refractivity contribution is -0.156. The van der Waals surface area contributed by atoms with Crippen LogP contribution in [0.3, 0.4) is 0 Å². The highest BCUT2D eigenvalue weighted by Gasteiger charge is 2.41. The molecule has 8 heteroatoms. The highest BCUT2D eigenvalue weighted by Crippen LogP contribution is 2.46. The molecule has 0 saturated heterocycles. The maximum absolute atomic E-state index is 13.7. The number of carbonyl (C=O) groups is 3. The number of carbonyl (C=O) groups excluding carboxylic acids is 3. The lowest BCUT2D eigenvalue weighted by Crippen LogP contribution is -2.34. The Kier molecular flexibility index (Phi) is 21.6. The number of rotatable bonds is 28. The predicted octanol–water partition coefficient (Wildman–Crippen LogP) is 16.0. The minimum atomic E-state index is -0.434.